The fraction of sp³-hybridized carbons (Fsp3) is 0.500. The Hall–Kier alpha value is -2.84. The van der Waals surface area contributed by atoms with Crippen molar-refractivity contribution in [2.75, 3.05) is 46.6 Å². The number of morpholine rings is 1. The number of ketones is 1. The first kappa shape index (κ1) is 29.2. The van der Waals surface area contributed by atoms with Crippen molar-refractivity contribution in [3.05, 3.63) is 72.3 Å². The number of nitrogens with one attached hydrogen (secondary N) is 1. The maximum Gasteiger partial charge on any atom is 0.220 e. The highest BCUT2D eigenvalue weighted by atomic mass is 16.5. The van der Waals surface area contributed by atoms with Gasteiger partial charge in [-0.25, -0.2) is 0 Å². The smallest absolute Gasteiger partial charge is 0.220 e. The van der Waals surface area contributed by atoms with E-state index in [0.29, 0.717) is 45.8 Å². The first-order chi connectivity index (χ1) is 19.2. The van der Waals surface area contributed by atoms with Crippen LogP contribution in [-0.2, 0) is 30.4 Å². The zero-order chi connectivity index (χ0) is 27.3. The number of ether oxygens (including phenoxy) is 3. The van der Waals surface area contributed by atoms with Crippen LogP contribution in [0.2, 0.25) is 0 Å². The van der Waals surface area contributed by atoms with E-state index >= 15 is 0 Å². The molecule has 2 aliphatic rings. The molecular weight excluding hydrogens is 492 g/mol. The molecule has 2 fully saturated rings. The van der Waals surface area contributed by atoms with Gasteiger partial charge >= 0.3 is 0 Å². The van der Waals surface area contributed by atoms with Crippen LogP contribution in [0.3, 0.4) is 0 Å². The van der Waals surface area contributed by atoms with Gasteiger partial charge in [0.2, 0.25) is 5.91 Å². The minimum Gasteiger partial charge on any atom is -0.383 e. The summed E-state index contributed by atoms with van der Waals surface area (Å²) in [6.07, 6.45) is 7.56. The fourth-order valence-corrected chi connectivity index (χ4v) is 5.47. The van der Waals surface area contributed by atoms with Gasteiger partial charge in [0, 0.05) is 45.5 Å². The third-order valence-corrected chi connectivity index (χ3v) is 7.56. The number of amides is 1. The first-order valence-electron chi connectivity index (χ1n) is 14.2. The highest BCUT2D eigenvalue weighted by Crippen LogP contribution is 2.34. The van der Waals surface area contributed by atoms with E-state index in [1.165, 1.54) is 11.1 Å². The normalized spacial score (nSPS) is 22.0. The number of carbonyl (C=O) groups is 2. The SMILES string of the molecule is COCCNC(=O)CCC/C=C\C[C@H]1[C@@H](OCc2ccc(-c3ccccc3)cc2)CC(=O)[C@@H]1N1CCOCC1. The molecule has 2 aromatic rings. The Morgan fingerprint density at radius 3 is 2.54 bits per heavy atom. The molecule has 1 saturated heterocycles. The van der Waals surface area contributed by atoms with Crippen LogP contribution >= 0.6 is 0 Å². The second kappa shape index (κ2) is 15.7. The van der Waals surface area contributed by atoms with E-state index in [2.05, 4.69) is 58.8 Å². The lowest BCUT2D eigenvalue weighted by atomic mass is 9.95. The maximum atomic E-state index is 13.2. The van der Waals surface area contributed by atoms with Crippen molar-refractivity contribution in [3.63, 3.8) is 0 Å². The Bertz CT molecular complexity index is 1050. The molecule has 0 unspecified atom stereocenters. The molecule has 7 heteroatoms. The number of hydrogen-bond acceptors (Lipinski definition) is 6. The molecular formula is C32H42N2O5. The molecule has 1 aliphatic heterocycles. The van der Waals surface area contributed by atoms with Gasteiger partial charge in [-0.2, -0.15) is 0 Å². The first-order valence-corrected chi connectivity index (χ1v) is 14.2. The number of hydrogen-bond donors (Lipinski definition) is 1. The molecule has 1 heterocycles. The number of nitrogens with zero attached hydrogens (tertiary/aromatic N) is 1. The van der Waals surface area contributed by atoms with Crippen molar-refractivity contribution in [3.8, 4) is 11.1 Å². The third kappa shape index (κ3) is 8.83. The van der Waals surface area contributed by atoms with Crippen LogP contribution < -0.4 is 5.32 Å². The topological polar surface area (TPSA) is 77.1 Å². The van der Waals surface area contributed by atoms with Gasteiger partial charge in [0.15, 0.2) is 5.78 Å². The average Bonchev–Trinajstić information content (AvgIpc) is 3.29. The number of unbranched alkanes of at least 4 members (excludes halogenated alkanes) is 1. The zero-order valence-corrected chi connectivity index (χ0v) is 23.1. The van der Waals surface area contributed by atoms with Crippen molar-refractivity contribution < 1.29 is 23.8 Å². The van der Waals surface area contributed by atoms with Crippen LogP contribution in [0.15, 0.2) is 66.7 Å². The lowest BCUT2D eigenvalue weighted by Crippen LogP contribution is -2.49. The predicted octanol–water partition coefficient (Wildman–Crippen LogP) is 4.41. The van der Waals surface area contributed by atoms with Crippen molar-refractivity contribution in [1.82, 2.24) is 10.2 Å². The second-order valence-electron chi connectivity index (χ2n) is 10.3. The number of methoxy groups -OCH3 is 1. The molecule has 7 nitrogen and oxygen atoms in total. The van der Waals surface area contributed by atoms with Gasteiger partial charge < -0.3 is 19.5 Å². The average molecular weight is 535 g/mol. The van der Waals surface area contributed by atoms with Crippen LogP contribution in [0.1, 0.15) is 37.7 Å². The maximum absolute atomic E-state index is 13.2. The van der Waals surface area contributed by atoms with Crippen molar-refractivity contribution >= 4 is 11.7 Å². The van der Waals surface area contributed by atoms with Crippen LogP contribution in [-0.4, -0.2) is 75.3 Å². The lowest BCUT2D eigenvalue weighted by Gasteiger charge is -2.35. The van der Waals surface area contributed by atoms with Crippen molar-refractivity contribution in [2.24, 2.45) is 5.92 Å². The van der Waals surface area contributed by atoms with E-state index < -0.39 is 0 Å². The van der Waals surface area contributed by atoms with Gasteiger partial charge in [-0.05, 0) is 36.0 Å². The Morgan fingerprint density at radius 2 is 1.79 bits per heavy atom. The third-order valence-electron chi connectivity index (χ3n) is 7.56. The van der Waals surface area contributed by atoms with Gasteiger partial charge in [-0.3, -0.25) is 14.5 Å². The van der Waals surface area contributed by atoms with Crippen LogP contribution in [0, 0.1) is 5.92 Å². The minimum absolute atomic E-state index is 0.0551. The Balaban J connectivity index is 1.32. The number of allylic oxidation sites excluding steroid dienone is 2. The Labute approximate surface area is 232 Å². The van der Waals surface area contributed by atoms with E-state index in [-0.39, 0.29) is 29.8 Å². The highest BCUT2D eigenvalue weighted by molar-refractivity contribution is 5.87. The van der Waals surface area contributed by atoms with E-state index in [1.807, 2.05) is 18.2 Å². The quantitative estimate of drug-likeness (QED) is 0.286. The summed E-state index contributed by atoms with van der Waals surface area (Å²) in [5.41, 5.74) is 3.48. The zero-order valence-electron chi connectivity index (χ0n) is 23.1. The summed E-state index contributed by atoms with van der Waals surface area (Å²) < 4.78 is 16.9. The summed E-state index contributed by atoms with van der Waals surface area (Å²) in [5, 5.41) is 2.85. The summed E-state index contributed by atoms with van der Waals surface area (Å²) in [6.45, 7) is 4.45. The molecule has 3 atom stereocenters. The van der Waals surface area contributed by atoms with Gasteiger partial charge in [0.05, 0.1) is 38.6 Å². The Kier molecular flexibility index (Phi) is 11.7. The van der Waals surface area contributed by atoms with Gasteiger partial charge in [0.1, 0.15) is 0 Å². The van der Waals surface area contributed by atoms with Gasteiger partial charge in [0.25, 0.3) is 0 Å². The summed E-state index contributed by atoms with van der Waals surface area (Å²) in [4.78, 5) is 27.3. The molecule has 4 rings (SSSR count). The molecule has 0 aromatic heterocycles. The largest absolute Gasteiger partial charge is 0.383 e. The molecule has 2 aromatic carbocycles. The van der Waals surface area contributed by atoms with E-state index in [0.717, 1.165) is 37.9 Å². The number of rotatable bonds is 14. The molecule has 0 radical (unpaired) electrons. The molecule has 1 aliphatic carbocycles. The minimum atomic E-state index is -0.129. The van der Waals surface area contributed by atoms with Crippen LogP contribution in [0.5, 0.6) is 0 Å². The molecule has 1 amide bonds. The number of carbonyl (C=O) groups excluding carboxylic acids is 2. The summed E-state index contributed by atoms with van der Waals surface area (Å²) in [7, 11) is 1.62. The van der Waals surface area contributed by atoms with E-state index in [9.17, 15) is 9.59 Å². The molecule has 1 N–H and O–H groups in total. The number of benzene rings is 2. The van der Waals surface area contributed by atoms with Crippen molar-refractivity contribution in [2.45, 2.75) is 50.9 Å². The summed E-state index contributed by atoms with van der Waals surface area (Å²) >= 11 is 0. The molecule has 39 heavy (non-hydrogen) atoms. The molecule has 1 saturated carbocycles. The monoisotopic (exact) mass is 534 g/mol. The van der Waals surface area contributed by atoms with Gasteiger partial charge in [-0.1, -0.05) is 66.7 Å². The number of Topliss-reactive ketones (excluding diaryl/α,β-unsaturated/α-hetero) is 1. The lowest BCUT2D eigenvalue weighted by molar-refractivity contribution is -0.124. The van der Waals surface area contributed by atoms with Crippen molar-refractivity contribution in [1.29, 1.82) is 0 Å². The van der Waals surface area contributed by atoms with Crippen LogP contribution in [0.25, 0.3) is 11.1 Å². The van der Waals surface area contributed by atoms with E-state index in [1.54, 1.807) is 7.11 Å². The predicted molar refractivity (Wildman–Crippen MR) is 152 cm³/mol. The Morgan fingerprint density at radius 1 is 1.05 bits per heavy atom. The van der Waals surface area contributed by atoms with E-state index in [4.69, 9.17) is 14.2 Å². The summed E-state index contributed by atoms with van der Waals surface area (Å²) in [6, 6.07) is 18.7. The van der Waals surface area contributed by atoms with Gasteiger partial charge in [-0.15, -0.1) is 0 Å². The molecule has 0 spiro atoms. The van der Waals surface area contributed by atoms with Crippen LogP contribution in [0.4, 0.5) is 0 Å². The standard InChI is InChI=1S/C32H42N2O5/c1-37-20-17-33-31(36)12-8-3-2-7-11-28-30(23-29(35)32(28)34-18-21-38-22-19-34)39-24-25-13-15-27(16-14-25)26-9-5-4-6-10-26/h2,4-7,9-10,13-16,28,30,32H,3,8,11-12,17-24H2,1H3,(H,33,36)/b7-2-/t28-,30-,32+/m0/s1. The fourth-order valence-electron chi connectivity index (χ4n) is 5.47. The highest BCUT2D eigenvalue weighted by Gasteiger charge is 2.45. The summed E-state index contributed by atoms with van der Waals surface area (Å²) in [5.74, 6) is 0.430. The molecule has 0 bridgehead atoms. The molecule has 210 valence electrons. The second-order valence-corrected chi connectivity index (χ2v) is 10.3.